The Morgan fingerprint density at radius 1 is 1.14 bits per heavy atom. The van der Waals surface area contributed by atoms with E-state index >= 15 is 0 Å². The molecule has 7 heteroatoms. The summed E-state index contributed by atoms with van der Waals surface area (Å²) in [4.78, 5) is 21.0. The molecule has 0 aliphatic heterocycles. The van der Waals surface area contributed by atoms with Crippen LogP contribution in [0.15, 0.2) is 24.3 Å². The van der Waals surface area contributed by atoms with Crippen molar-refractivity contribution in [2.75, 3.05) is 0 Å². The van der Waals surface area contributed by atoms with E-state index in [0.29, 0.717) is 5.33 Å². The Morgan fingerprint density at radius 3 is 1.86 bits per heavy atom. The molecule has 0 saturated heterocycles. The van der Waals surface area contributed by atoms with Crippen molar-refractivity contribution < 1.29 is 117 Å². The minimum Gasteiger partial charge on any atom is -0.807 e. The van der Waals surface area contributed by atoms with Gasteiger partial charge < -0.3 is 14.4 Å². The fraction of sp³-hybridized carbons (Fsp3) is 0.143. The van der Waals surface area contributed by atoms with Gasteiger partial charge in [0.1, 0.15) is 0 Å². The van der Waals surface area contributed by atoms with E-state index in [1.165, 1.54) is 12.1 Å². The van der Waals surface area contributed by atoms with E-state index in [1.54, 1.807) is 12.1 Å². The van der Waals surface area contributed by atoms with Crippen LogP contribution in [0.1, 0.15) is 5.56 Å². The van der Waals surface area contributed by atoms with Crippen molar-refractivity contribution in [1.82, 2.24) is 0 Å². The zero-order chi connectivity index (χ0) is 9.19. The molecular weight excluding hydrogens is 321 g/mol. The van der Waals surface area contributed by atoms with Crippen LogP contribution < -0.4 is 118 Å². The molecule has 1 aromatic carbocycles. The summed E-state index contributed by atoms with van der Waals surface area (Å²) in [7, 11) is -4.56. The van der Waals surface area contributed by atoms with Crippen LogP contribution in [0.2, 0.25) is 0 Å². The number of hydrogen-bond donors (Lipinski definition) is 0. The standard InChI is InChI=1S/C7H8BrO3P.2K/c8-5-6-1-3-7(4-2-6)12(9,10)11;;/h1-4H,5H2,(H2,9,10,11);;/q;2*+1/p-2. The maximum Gasteiger partial charge on any atom is 1.00 e. The summed E-state index contributed by atoms with van der Waals surface area (Å²) in [6.07, 6.45) is 0. The van der Waals surface area contributed by atoms with Gasteiger partial charge in [-0.3, -0.25) is 0 Å². The molecule has 0 atom stereocenters. The molecular formula is C7H6BrK2O3P. The fourth-order valence-electron chi connectivity index (χ4n) is 0.768. The van der Waals surface area contributed by atoms with Crippen molar-refractivity contribution in [3.05, 3.63) is 29.8 Å². The van der Waals surface area contributed by atoms with Crippen molar-refractivity contribution in [1.29, 1.82) is 0 Å². The SMILES string of the molecule is O=P([O-])([O-])c1ccc(CBr)cc1.[K+].[K+]. The first-order chi connectivity index (χ1) is 5.54. The van der Waals surface area contributed by atoms with Crippen LogP contribution in [0.5, 0.6) is 0 Å². The van der Waals surface area contributed by atoms with E-state index in [-0.39, 0.29) is 108 Å². The predicted octanol–water partition coefficient (Wildman–Crippen LogP) is -5.87. The van der Waals surface area contributed by atoms with Crippen LogP contribution in [0, 0.1) is 0 Å². The summed E-state index contributed by atoms with van der Waals surface area (Å²) in [5.74, 6) is 0. The molecule has 0 heterocycles. The number of benzene rings is 1. The smallest absolute Gasteiger partial charge is 0.807 e. The van der Waals surface area contributed by atoms with Gasteiger partial charge in [0.25, 0.3) is 0 Å². The van der Waals surface area contributed by atoms with E-state index in [4.69, 9.17) is 0 Å². The zero-order valence-corrected chi connectivity index (χ0v) is 16.8. The quantitative estimate of drug-likeness (QED) is 0.309. The first-order valence-electron chi connectivity index (χ1n) is 3.21. The average Bonchev–Trinajstić information content (AvgIpc) is 2.03. The molecule has 1 aromatic rings. The third-order valence-corrected chi connectivity index (χ3v) is 2.98. The molecule has 0 aliphatic carbocycles. The Bertz CT molecular complexity index is 311. The molecule has 0 fully saturated rings. The van der Waals surface area contributed by atoms with Gasteiger partial charge in [-0.1, -0.05) is 40.2 Å². The van der Waals surface area contributed by atoms with Gasteiger partial charge in [0.15, 0.2) is 0 Å². The molecule has 1 rings (SSSR count). The van der Waals surface area contributed by atoms with Gasteiger partial charge in [-0.05, 0) is 18.5 Å². The van der Waals surface area contributed by atoms with Gasteiger partial charge >= 0.3 is 103 Å². The van der Waals surface area contributed by atoms with Crippen LogP contribution in [0.3, 0.4) is 0 Å². The molecule has 0 saturated carbocycles. The van der Waals surface area contributed by atoms with Crippen LogP contribution in [0.25, 0.3) is 0 Å². The van der Waals surface area contributed by atoms with Gasteiger partial charge in [0.05, 0.1) is 0 Å². The first kappa shape index (κ1) is 19.5. The number of halogens is 1. The van der Waals surface area contributed by atoms with Crippen molar-refractivity contribution >= 4 is 28.8 Å². The van der Waals surface area contributed by atoms with Gasteiger partial charge in [-0.15, -0.1) is 0 Å². The molecule has 0 amide bonds. The maximum atomic E-state index is 10.5. The van der Waals surface area contributed by atoms with Gasteiger partial charge in [-0.2, -0.15) is 0 Å². The maximum absolute atomic E-state index is 10.5. The summed E-state index contributed by atoms with van der Waals surface area (Å²) in [6.45, 7) is 0. The molecule has 14 heavy (non-hydrogen) atoms. The molecule has 3 nitrogen and oxygen atoms in total. The van der Waals surface area contributed by atoms with Crippen LogP contribution in [-0.2, 0) is 9.90 Å². The average molecular weight is 327 g/mol. The van der Waals surface area contributed by atoms with Crippen LogP contribution in [0.4, 0.5) is 0 Å². The van der Waals surface area contributed by atoms with Crippen LogP contribution in [-0.4, -0.2) is 0 Å². The van der Waals surface area contributed by atoms with Gasteiger partial charge in [0.2, 0.25) is 0 Å². The van der Waals surface area contributed by atoms with Gasteiger partial charge in [0, 0.05) is 5.33 Å². The number of alkyl halides is 1. The Balaban J connectivity index is 0. The fourth-order valence-corrected chi connectivity index (χ4v) is 1.66. The molecule has 0 bridgehead atoms. The Hall–Kier alpha value is 3.12. The van der Waals surface area contributed by atoms with Gasteiger partial charge in [-0.25, -0.2) is 0 Å². The molecule has 0 N–H and O–H groups in total. The molecule has 0 aliphatic rings. The van der Waals surface area contributed by atoms with E-state index in [2.05, 4.69) is 15.9 Å². The minimum atomic E-state index is -4.56. The van der Waals surface area contributed by atoms with Crippen LogP contribution >= 0.6 is 23.5 Å². The summed E-state index contributed by atoms with van der Waals surface area (Å²) >= 11 is 3.21. The summed E-state index contributed by atoms with van der Waals surface area (Å²) < 4.78 is 10.5. The Labute approximate surface area is 177 Å². The van der Waals surface area contributed by atoms with E-state index in [9.17, 15) is 14.4 Å². The van der Waals surface area contributed by atoms with Crippen molar-refractivity contribution in [2.45, 2.75) is 5.33 Å². The third-order valence-electron chi connectivity index (χ3n) is 1.41. The third kappa shape index (κ3) is 6.76. The molecule has 66 valence electrons. The molecule has 0 unspecified atom stereocenters. The Kier molecular flexibility index (Phi) is 12.7. The van der Waals surface area contributed by atoms with Crippen molar-refractivity contribution in [2.24, 2.45) is 0 Å². The topological polar surface area (TPSA) is 63.2 Å². The molecule has 0 radical (unpaired) electrons. The summed E-state index contributed by atoms with van der Waals surface area (Å²) in [5, 5.41) is 0.488. The molecule has 0 aromatic heterocycles. The summed E-state index contributed by atoms with van der Waals surface area (Å²) in [5.41, 5.74) is 0.937. The Morgan fingerprint density at radius 2 is 1.57 bits per heavy atom. The minimum absolute atomic E-state index is 0. The van der Waals surface area contributed by atoms with E-state index < -0.39 is 7.60 Å². The normalized spacial score (nSPS) is 9.93. The molecule has 0 spiro atoms. The second kappa shape index (κ2) is 9.11. The van der Waals surface area contributed by atoms with Crippen molar-refractivity contribution in [3.8, 4) is 0 Å². The monoisotopic (exact) mass is 326 g/mol. The van der Waals surface area contributed by atoms with E-state index in [1.807, 2.05) is 0 Å². The second-order valence-corrected chi connectivity index (χ2v) is 4.37. The number of rotatable bonds is 2. The largest absolute Gasteiger partial charge is 1.00 e. The van der Waals surface area contributed by atoms with E-state index in [0.717, 1.165) is 5.56 Å². The number of hydrogen-bond acceptors (Lipinski definition) is 3. The predicted molar refractivity (Wildman–Crippen MR) is 46.3 cm³/mol. The summed E-state index contributed by atoms with van der Waals surface area (Å²) in [6, 6.07) is 5.84. The zero-order valence-electron chi connectivity index (χ0n) is 8.07. The van der Waals surface area contributed by atoms with Crippen molar-refractivity contribution in [3.63, 3.8) is 0 Å². The second-order valence-electron chi connectivity index (χ2n) is 2.30. The first-order valence-corrected chi connectivity index (χ1v) is 5.88.